The van der Waals surface area contributed by atoms with Gasteiger partial charge in [-0.2, -0.15) is 14.5 Å². The molecule has 1 unspecified atom stereocenters. The summed E-state index contributed by atoms with van der Waals surface area (Å²) in [5.74, 6) is 1.14. The molecule has 0 amide bonds. The van der Waals surface area contributed by atoms with E-state index < -0.39 is 11.0 Å². The second-order valence-corrected chi connectivity index (χ2v) is 7.82. The molecule has 2 saturated heterocycles. The van der Waals surface area contributed by atoms with E-state index in [1.165, 1.54) is 0 Å². The summed E-state index contributed by atoms with van der Waals surface area (Å²) in [6, 6.07) is 1.76. The lowest BCUT2D eigenvalue weighted by Gasteiger charge is -2.36. The van der Waals surface area contributed by atoms with Crippen molar-refractivity contribution in [2.75, 3.05) is 44.3 Å². The lowest BCUT2D eigenvalue weighted by atomic mass is 10.4. The number of ether oxygens (including phenoxy) is 1. The van der Waals surface area contributed by atoms with Crippen LogP contribution < -0.4 is 4.90 Å². The Morgan fingerprint density at radius 2 is 2.00 bits per heavy atom. The molecule has 2 aliphatic heterocycles. The van der Waals surface area contributed by atoms with Crippen LogP contribution in [0.3, 0.4) is 0 Å². The molecular weight excluding hydrogens is 340 g/mol. The molecule has 23 heavy (non-hydrogen) atoms. The normalized spacial score (nSPS) is 21.6. The molecular formula is C13H17ClN6O2S. The van der Waals surface area contributed by atoms with Crippen LogP contribution >= 0.6 is 11.6 Å². The molecule has 0 radical (unpaired) electrons. The van der Waals surface area contributed by atoms with Gasteiger partial charge in [0.2, 0.25) is 5.95 Å². The van der Waals surface area contributed by atoms with Crippen molar-refractivity contribution >= 4 is 34.3 Å². The maximum absolute atomic E-state index is 12.3. The first-order valence-corrected chi connectivity index (χ1v) is 9.05. The summed E-state index contributed by atoms with van der Waals surface area (Å²) in [6.45, 7) is 6.06. The van der Waals surface area contributed by atoms with E-state index in [0.717, 1.165) is 31.9 Å². The minimum atomic E-state index is -0.951. The van der Waals surface area contributed by atoms with Gasteiger partial charge >= 0.3 is 0 Å². The zero-order valence-electron chi connectivity index (χ0n) is 12.7. The molecule has 1 atom stereocenters. The lowest BCUT2D eigenvalue weighted by Crippen LogP contribution is -2.52. The van der Waals surface area contributed by atoms with Gasteiger partial charge in [-0.25, -0.2) is 8.51 Å². The van der Waals surface area contributed by atoms with E-state index in [-0.39, 0.29) is 5.25 Å². The van der Waals surface area contributed by atoms with Crippen molar-refractivity contribution in [3.05, 3.63) is 16.9 Å². The Labute approximate surface area is 141 Å². The fraction of sp³-hybridized carbons (Fsp3) is 0.615. The number of aryl methyl sites for hydroxylation is 1. The Hall–Kier alpha value is -1.29. The van der Waals surface area contributed by atoms with Crippen molar-refractivity contribution < 1.29 is 8.95 Å². The number of hydrogen-bond donors (Lipinski definition) is 0. The summed E-state index contributed by atoms with van der Waals surface area (Å²) in [6.07, 6.45) is 0. The quantitative estimate of drug-likeness (QED) is 0.735. The van der Waals surface area contributed by atoms with Crippen LogP contribution in [0.5, 0.6) is 0 Å². The first kappa shape index (κ1) is 15.3. The van der Waals surface area contributed by atoms with Crippen LogP contribution in [-0.4, -0.2) is 72.7 Å². The van der Waals surface area contributed by atoms with Gasteiger partial charge in [-0.1, -0.05) is 11.6 Å². The smallest absolute Gasteiger partial charge is 0.255 e. The van der Waals surface area contributed by atoms with Crippen molar-refractivity contribution in [2.24, 2.45) is 0 Å². The molecule has 124 valence electrons. The zero-order chi connectivity index (χ0) is 16.0. The van der Waals surface area contributed by atoms with E-state index in [1.807, 2.05) is 11.2 Å². The van der Waals surface area contributed by atoms with Crippen LogP contribution in [0, 0.1) is 6.92 Å². The molecule has 2 fully saturated rings. The van der Waals surface area contributed by atoms with E-state index in [1.54, 1.807) is 10.6 Å². The molecule has 0 aromatic carbocycles. The third-order valence-electron chi connectivity index (χ3n) is 4.12. The third kappa shape index (κ3) is 2.82. The standard InChI is InChI=1S/C13H17ClN6O2S/c1-9-6-11(14)15-12-16-13(17-20(9)12)18-2-4-19(5-3-18)23(21)10-7-22-8-10/h6,10H,2-5,7-8H2,1H3. The minimum absolute atomic E-state index is 0.156. The molecule has 2 aromatic rings. The number of halogens is 1. The monoisotopic (exact) mass is 356 g/mol. The Balaban J connectivity index is 1.48. The van der Waals surface area contributed by atoms with Crippen LogP contribution in [0.25, 0.3) is 5.78 Å². The number of rotatable bonds is 3. The Morgan fingerprint density at radius 1 is 1.26 bits per heavy atom. The van der Waals surface area contributed by atoms with E-state index in [0.29, 0.717) is 30.1 Å². The molecule has 2 aliphatic rings. The molecule has 4 rings (SSSR count). The van der Waals surface area contributed by atoms with E-state index in [2.05, 4.69) is 20.0 Å². The van der Waals surface area contributed by atoms with Crippen molar-refractivity contribution in [3.63, 3.8) is 0 Å². The number of piperazine rings is 1. The lowest BCUT2D eigenvalue weighted by molar-refractivity contribution is 0.0416. The summed E-state index contributed by atoms with van der Waals surface area (Å²) >= 11 is 5.97. The molecule has 2 aromatic heterocycles. The first-order chi connectivity index (χ1) is 11.1. The van der Waals surface area contributed by atoms with Crippen LogP contribution in [-0.2, 0) is 15.7 Å². The Bertz CT molecular complexity index is 756. The highest BCUT2D eigenvalue weighted by atomic mass is 35.5. The van der Waals surface area contributed by atoms with Gasteiger partial charge in [-0.3, -0.25) is 0 Å². The van der Waals surface area contributed by atoms with Gasteiger partial charge in [0.15, 0.2) is 0 Å². The minimum Gasteiger partial charge on any atom is -0.379 e. The van der Waals surface area contributed by atoms with Gasteiger partial charge in [0, 0.05) is 31.9 Å². The molecule has 4 heterocycles. The fourth-order valence-corrected chi connectivity index (χ4v) is 4.31. The van der Waals surface area contributed by atoms with Gasteiger partial charge in [0.05, 0.1) is 18.5 Å². The van der Waals surface area contributed by atoms with Crippen molar-refractivity contribution in [2.45, 2.75) is 12.2 Å². The third-order valence-corrected chi connectivity index (χ3v) is 6.03. The van der Waals surface area contributed by atoms with Gasteiger partial charge in [-0.05, 0) is 13.0 Å². The highest BCUT2D eigenvalue weighted by Crippen LogP contribution is 2.18. The second-order valence-electron chi connectivity index (χ2n) is 5.70. The molecule has 10 heteroatoms. The number of fused-ring (bicyclic) bond motifs is 1. The summed E-state index contributed by atoms with van der Waals surface area (Å²) < 4.78 is 21.2. The van der Waals surface area contributed by atoms with Crippen LogP contribution in [0.2, 0.25) is 5.15 Å². The summed E-state index contributed by atoms with van der Waals surface area (Å²) in [7, 11) is -0.951. The number of anilines is 1. The average molecular weight is 357 g/mol. The van der Waals surface area contributed by atoms with Gasteiger partial charge in [0.25, 0.3) is 5.78 Å². The van der Waals surface area contributed by atoms with Crippen LogP contribution in [0.15, 0.2) is 6.07 Å². The molecule has 0 bridgehead atoms. The first-order valence-electron chi connectivity index (χ1n) is 7.50. The summed E-state index contributed by atoms with van der Waals surface area (Å²) in [4.78, 5) is 10.7. The predicted octanol–water partition coefficient (Wildman–Crippen LogP) is 0.271. The maximum atomic E-state index is 12.3. The number of nitrogens with zero attached hydrogens (tertiary/aromatic N) is 6. The SMILES string of the molecule is Cc1cc(Cl)nc2nc(N3CCN(S(=O)C4COC4)CC3)nn12. The Morgan fingerprint density at radius 3 is 2.65 bits per heavy atom. The fourth-order valence-electron chi connectivity index (χ4n) is 2.71. The molecule has 0 spiro atoms. The van der Waals surface area contributed by atoms with Crippen molar-refractivity contribution in [3.8, 4) is 0 Å². The number of hydrogen-bond acceptors (Lipinski definition) is 6. The largest absolute Gasteiger partial charge is 0.379 e. The topological polar surface area (TPSA) is 75.9 Å². The molecule has 0 saturated carbocycles. The van der Waals surface area contributed by atoms with Crippen LogP contribution in [0.4, 0.5) is 5.95 Å². The van der Waals surface area contributed by atoms with E-state index in [4.69, 9.17) is 16.3 Å². The van der Waals surface area contributed by atoms with Crippen molar-refractivity contribution in [1.82, 2.24) is 23.9 Å². The van der Waals surface area contributed by atoms with E-state index >= 15 is 0 Å². The summed E-state index contributed by atoms with van der Waals surface area (Å²) in [5, 5.41) is 5.08. The second kappa shape index (κ2) is 5.97. The Kier molecular flexibility index (Phi) is 3.96. The van der Waals surface area contributed by atoms with Crippen molar-refractivity contribution in [1.29, 1.82) is 0 Å². The molecule has 0 aliphatic carbocycles. The highest BCUT2D eigenvalue weighted by molar-refractivity contribution is 7.83. The average Bonchev–Trinajstić information content (AvgIpc) is 2.90. The van der Waals surface area contributed by atoms with Gasteiger partial charge < -0.3 is 9.64 Å². The number of aromatic nitrogens is 4. The van der Waals surface area contributed by atoms with Gasteiger partial charge in [0.1, 0.15) is 16.1 Å². The molecule has 0 N–H and O–H groups in total. The van der Waals surface area contributed by atoms with Crippen LogP contribution in [0.1, 0.15) is 5.69 Å². The maximum Gasteiger partial charge on any atom is 0.255 e. The highest BCUT2D eigenvalue weighted by Gasteiger charge is 2.32. The predicted molar refractivity (Wildman–Crippen MR) is 87.1 cm³/mol. The van der Waals surface area contributed by atoms with E-state index in [9.17, 15) is 4.21 Å². The molecule has 8 nitrogen and oxygen atoms in total. The summed E-state index contributed by atoms with van der Waals surface area (Å²) in [5.41, 5.74) is 0.892. The van der Waals surface area contributed by atoms with Gasteiger partial charge in [-0.15, -0.1) is 5.10 Å². The zero-order valence-corrected chi connectivity index (χ0v) is 14.3.